The number of rotatable bonds is 5. The van der Waals surface area contributed by atoms with Crippen molar-refractivity contribution in [3.8, 4) is 0 Å². The summed E-state index contributed by atoms with van der Waals surface area (Å²) in [6.07, 6.45) is 0.874. The normalized spacial score (nSPS) is 14.8. The molecule has 0 fully saturated rings. The third kappa shape index (κ3) is 3.63. The molecule has 0 radical (unpaired) electrons. The molecule has 1 rings (SSSR count). The van der Waals surface area contributed by atoms with E-state index < -0.39 is 0 Å². The molecule has 0 aliphatic carbocycles. The molecule has 4 heteroatoms. The first-order chi connectivity index (χ1) is 7.58. The van der Waals surface area contributed by atoms with Crippen molar-refractivity contribution in [2.75, 3.05) is 6.61 Å². The zero-order valence-corrected chi connectivity index (χ0v) is 11.0. The molecule has 90 valence electrons. The number of nitrogens with one attached hydrogen (secondary N) is 1. The predicted molar refractivity (Wildman–Crippen MR) is 69.2 cm³/mol. The average Bonchev–Trinajstić information content (AvgIpc) is 2.28. The van der Waals surface area contributed by atoms with Crippen molar-refractivity contribution in [3.63, 3.8) is 0 Å². The highest BCUT2D eigenvalue weighted by molar-refractivity contribution is 6.33. The Bertz CT molecular complexity index is 340. The lowest BCUT2D eigenvalue weighted by molar-refractivity contribution is 0.230. The molecular weight excluding hydrogens is 245 g/mol. The van der Waals surface area contributed by atoms with Gasteiger partial charge in [-0.3, -0.25) is 0 Å². The van der Waals surface area contributed by atoms with E-state index in [1.54, 1.807) is 12.1 Å². The first kappa shape index (κ1) is 13.8. The Morgan fingerprint density at radius 2 is 2.06 bits per heavy atom. The average molecular weight is 262 g/mol. The molecule has 0 heterocycles. The molecule has 0 spiro atoms. The Kier molecular flexibility index (Phi) is 5.56. The van der Waals surface area contributed by atoms with E-state index in [0.29, 0.717) is 10.0 Å². The standard InChI is InChI=1S/C12H17Cl2NO/c1-3-10(7-16)15-8(2)11-6-9(13)4-5-12(11)14/h4-6,8,10,15-16H,3,7H2,1-2H3/t8?,10-/m0/s1. The monoisotopic (exact) mass is 261 g/mol. The Balaban J connectivity index is 2.79. The second-order valence-corrected chi connectivity index (χ2v) is 4.69. The molecule has 0 saturated carbocycles. The van der Waals surface area contributed by atoms with Gasteiger partial charge in [0, 0.05) is 22.1 Å². The van der Waals surface area contributed by atoms with Gasteiger partial charge in [0.15, 0.2) is 0 Å². The summed E-state index contributed by atoms with van der Waals surface area (Å²) < 4.78 is 0. The van der Waals surface area contributed by atoms with Crippen molar-refractivity contribution >= 4 is 23.2 Å². The molecule has 0 bridgehead atoms. The van der Waals surface area contributed by atoms with Crippen molar-refractivity contribution in [1.29, 1.82) is 0 Å². The van der Waals surface area contributed by atoms with E-state index in [9.17, 15) is 0 Å². The first-order valence-corrected chi connectivity index (χ1v) is 6.16. The van der Waals surface area contributed by atoms with Crippen molar-refractivity contribution in [2.24, 2.45) is 0 Å². The molecule has 0 aliphatic rings. The van der Waals surface area contributed by atoms with Crippen LogP contribution in [0.3, 0.4) is 0 Å². The Hall–Kier alpha value is -0.280. The largest absolute Gasteiger partial charge is 0.395 e. The van der Waals surface area contributed by atoms with Gasteiger partial charge in [0.05, 0.1) is 6.61 Å². The van der Waals surface area contributed by atoms with Gasteiger partial charge in [-0.1, -0.05) is 30.1 Å². The van der Waals surface area contributed by atoms with Crippen LogP contribution in [0.15, 0.2) is 18.2 Å². The van der Waals surface area contributed by atoms with Gasteiger partial charge in [-0.2, -0.15) is 0 Å². The van der Waals surface area contributed by atoms with E-state index in [1.807, 2.05) is 19.9 Å². The predicted octanol–water partition coefficient (Wildman–Crippen LogP) is 3.41. The van der Waals surface area contributed by atoms with Crippen LogP contribution in [0, 0.1) is 0 Å². The molecular formula is C12H17Cl2NO. The number of hydrogen-bond acceptors (Lipinski definition) is 2. The quantitative estimate of drug-likeness (QED) is 0.852. The number of aliphatic hydroxyl groups is 1. The van der Waals surface area contributed by atoms with Gasteiger partial charge in [-0.25, -0.2) is 0 Å². The van der Waals surface area contributed by atoms with Gasteiger partial charge in [-0.05, 0) is 37.1 Å². The lowest BCUT2D eigenvalue weighted by Gasteiger charge is -2.21. The van der Waals surface area contributed by atoms with Gasteiger partial charge in [0.2, 0.25) is 0 Å². The van der Waals surface area contributed by atoms with E-state index in [2.05, 4.69) is 5.32 Å². The van der Waals surface area contributed by atoms with E-state index in [0.717, 1.165) is 12.0 Å². The topological polar surface area (TPSA) is 32.3 Å². The zero-order valence-electron chi connectivity index (χ0n) is 9.50. The van der Waals surface area contributed by atoms with E-state index in [4.69, 9.17) is 28.3 Å². The molecule has 0 aromatic heterocycles. The Morgan fingerprint density at radius 1 is 1.38 bits per heavy atom. The molecule has 1 aromatic rings. The molecule has 1 aromatic carbocycles. The van der Waals surface area contributed by atoms with E-state index >= 15 is 0 Å². The van der Waals surface area contributed by atoms with Crippen molar-refractivity contribution in [2.45, 2.75) is 32.4 Å². The summed E-state index contributed by atoms with van der Waals surface area (Å²) in [6.45, 7) is 4.16. The van der Waals surface area contributed by atoms with Crippen LogP contribution in [0.5, 0.6) is 0 Å². The third-order valence-electron chi connectivity index (χ3n) is 2.62. The second kappa shape index (κ2) is 6.45. The molecule has 1 unspecified atom stereocenters. The van der Waals surface area contributed by atoms with Crippen LogP contribution in [0.4, 0.5) is 0 Å². The zero-order chi connectivity index (χ0) is 12.1. The summed E-state index contributed by atoms with van der Waals surface area (Å²) >= 11 is 12.0. The van der Waals surface area contributed by atoms with Crippen LogP contribution in [-0.2, 0) is 0 Å². The third-order valence-corrected chi connectivity index (χ3v) is 3.20. The van der Waals surface area contributed by atoms with Crippen LogP contribution in [0.2, 0.25) is 10.0 Å². The summed E-state index contributed by atoms with van der Waals surface area (Å²) in [7, 11) is 0. The summed E-state index contributed by atoms with van der Waals surface area (Å²) in [4.78, 5) is 0. The van der Waals surface area contributed by atoms with Gasteiger partial charge in [-0.15, -0.1) is 0 Å². The summed E-state index contributed by atoms with van der Waals surface area (Å²) in [5.41, 5.74) is 0.959. The second-order valence-electron chi connectivity index (χ2n) is 3.84. The van der Waals surface area contributed by atoms with Crippen LogP contribution in [0.1, 0.15) is 31.9 Å². The maximum absolute atomic E-state index is 9.12. The lowest BCUT2D eigenvalue weighted by Crippen LogP contribution is -2.34. The Labute approximate surface area is 107 Å². The minimum atomic E-state index is 0.0725. The number of aliphatic hydroxyl groups excluding tert-OH is 1. The van der Waals surface area contributed by atoms with Crippen LogP contribution in [-0.4, -0.2) is 17.8 Å². The highest BCUT2D eigenvalue weighted by Gasteiger charge is 2.13. The fraction of sp³-hybridized carbons (Fsp3) is 0.500. The fourth-order valence-corrected chi connectivity index (χ4v) is 2.05. The van der Waals surface area contributed by atoms with Gasteiger partial charge in [0.1, 0.15) is 0 Å². The van der Waals surface area contributed by atoms with E-state index in [-0.39, 0.29) is 18.7 Å². The SMILES string of the molecule is CC[C@@H](CO)NC(C)c1cc(Cl)ccc1Cl. The minimum absolute atomic E-state index is 0.0725. The summed E-state index contributed by atoms with van der Waals surface area (Å²) in [5.74, 6) is 0. The molecule has 2 nitrogen and oxygen atoms in total. The minimum Gasteiger partial charge on any atom is -0.395 e. The summed E-state index contributed by atoms with van der Waals surface area (Å²) in [6, 6.07) is 5.57. The number of hydrogen-bond donors (Lipinski definition) is 2. The van der Waals surface area contributed by atoms with Crippen LogP contribution >= 0.6 is 23.2 Å². The van der Waals surface area contributed by atoms with Gasteiger partial charge in [0.25, 0.3) is 0 Å². The van der Waals surface area contributed by atoms with Crippen LogP contribution < -0.4 is 5.32 Å². The van der Waals surface area contributed by atoms with Crippen molar-refractivity contribution in [3.05, 3.63) is 33.8 Å². The van der Waals surface area contributed by atoms with Gasteiger partial charge < -0.3 is 10.4 Å². The number of benzene rings is 1. The van der Waals surface area contributed by atoms with E-state index in [1.165, 1.54) is 0 Å². The molecule has 0 aliphatic heterocycles. The highest BCUT2D eigenvalue weighted by atomic mass is 35.5. The molecule has 2 N–H and O–H groups in total. The number of halogens is 2. The molecule has 16 heavy (non-hydrogen) atoms. The maximum atomic E-state index is 9.12. The molecule has 0 amide bonds. The maximum Gasteiger partial charge on any atom is 0.0584 e. The van der Waals surface area contributed by atoms with Gasteiger partial charge >= 0.3 is 0 Å². The Morgan fingerprint density at radius 3 is 2.62 bits per heavy atom. The molecule has 2 atom stereocenters. The highest BCUT2D eigenvalue weighted by Crippen LogP contribution is 2.26. The molecule has 0 saturated heterocycles. The summed E-state index contributed by atoms with van der Waals surface area (Å²) in [5, 5.41) is 13.8. The lowest BCUT2D eigenvalue weighted by atomic mass is 10.1. The van der Waals surface area contributed by atoms with Crippen molar-refractivity contribution in [1.82, 2.24) is 5.32 Å². The fourth-order valence-electron chi connectivity index (χ4n) is 1.59. The smallest absolute Gasteiger partial charge is 0.0584 e. The van der Waals surface area contributed by atoms with Crippen LogP contribution in [0.25, 0.3) is 0 Å². The first-order valence-electron chi connectivity index (χ1n) is 5.40. The van der Waals surface area contributed by atoms with Crippen molar-refractivity contribution < 1.29 is 5.11 Å².